The summed E-state index contributed by atoms with van der Waals surface area (Å²) in [7, 11) is 0. The summed E-state index contributed by atoms with van der Waals surface area (Å²) in [5, 5.41) is 10.5. The monoisotopic (exact) mass is 339 g/mol. The van der Waals surface area contributed by atoms with E-state index in [0.29, 0.717) is 0 Å². The maximum absolute atomic E-state index is 10.5. The molecule has 26 heavy (non-hydrogen) atoms. The Hall–Kier alpha value is -2.85. The summed E-state index contributed by atoms with van der Waals surface area (Å²) in [6, 6.07) is 34.0. The quantitative estimate of drug-likeness (QED) is 0.484. The Kier molecular flexibility index (Phi) is 5.87. The molecule has 0 saturated carbocycles. The zero-order chi connectivity index (χ0) is 18.2. The van der Waals surface area contributed by atoms with E-state index >= 15 is 0 Å². The van der Waals surface area contributed by atoms with Crippen LogP contribution in [0.25, 0.3) is 0 Å². The molecule has 0 fully saturated rings. The lowest BCUT2D eigenvalue weighted by atomic mass is 9.63. The molecule has 3 aromatic rings. The molecule has 0 saturated heterocycles. The number of rotatable bonds is 7. The third-order valence-corrected chi connectivity index (χ3v) is 5.17. The smallest absolute Gasteiger partial charge is 0.0931 e. The van der Waals surface area contributed by atoms with E-state index < -0.39 is 5.41 Å². The van der Waals surface area contributed by atoms with Crippen LogP contribution in [0.3, 0.4) is 0 Å². The van der Waals surface area contributed by atoms with Gasteiger partial charge in [-0.25, -0.2) is 0 Å². The van der Waals surface area contributed by atoms with E-state index in [1.807, 2.05) is 30.3 Å². The van der Waals surface area contributed by atoms with Crippen molar-refractivity contribution in [1.29, 1.82) is 5.26 Å². The predicted octanol–water partition coefficient (Wildman–Crippen LogP) is 6.47. The van der Waals surface area contributed by atoms with Crippen LogP contribution >= 0.6 is 0 Å². The standard InChI is InChI=1S/C25H25N/c1-2-3-19-25(20-26,23-17-11-6-12-18-23)24(21-13-7-4-8-14-21)22-15-9-5-10-16-22/h4-18,24H,2-3,19H2,1H3/t25-/m1/s1. The molecular formula is C25H25N. The maximum atomic E-state index is 10.5. The molecule has 130 valence electrons. The molecule has 1 heteroatoms. The second kappa shape index (κ2) is 8.50. The molecule has 0 unspecified atom stereocenters. The van der Waals surface area contributed by atoms with Gasteiger partial charge >= 0.3 is 0 Å². The number of nitriles is 1. The highest BCUT2D eigenvalue weighted by Gasteiger charge is 2.42. The zero-order valence-corrected chi connectivity index (χ0v) is 15.3. The Balaban J connectivity index is 2.24. The Morgan fingerprint density at radius 3 is 1.65 bits per heavy atom. The van der Waals surface area contributed by atoms with Crippen LogP contribution in [0, 0.1) is 11.3 Å². The van der Waals surface area contributed by atoms with Crippen molar-refractivity contribution in [2.24, 2.45) is 0 Å². The van der Waals surface area contributed by atoms with Gasteiger partial charge in [0, 0.05) is 5.92 Å². The number of hydrogen-bond donors (Lipinski definition) is 0. The van der Waals surface area contributed by atoms with Crippen LogP contribution in [0.2, 0.25) is 0 Å². The van der Waals surface area contributed by atoms with Crippen LogP contribution in [0.15, 0.2) is 91.0 Å². The van der Waals surface area contributed by atoms with Crippen molar-refractivity contribution in [2.45, 2.75) is 37.5 Å². The molecule has 0 radical (unpaired) electrons. The summed E-state index contributed by atoms with van der Waals surface area (Å²) >= 11 is 0. The zero-order valence-electron chi connectivity index (χ0n) is 15.3. The summed E-state index contributed by atoms with van der Waals surface area (Å²) in [4.78, 5) is 0. The molecule has 0 aliphatic heterocycles. The number of benzene rings is 3. The van der Waals surface area contributed by atoms with Crippen molar-refractivity contribution in [2.75, 3.05) is 0 Å². The highest BCUT2D eigenvalue weighted by Crippen LogP contribution is 2.46. The van der Waals surface area contributed by atoms with E-state index in [1.165, 1.54) is 11.1 Å². The molecule has 3 aromatic carbocycles. The molecule has 0 bridgehead atoms. The van der Waals surface area contributed by atoms with Crippen molar-refractivity contribution >= 4 is 0 Å². The second-order valence-corrected chi connectivity index (χ2v) is 6.81. The third-order valence-electron chi connectivity index (χ3n) is 5.17. The maximum Gasteiger partial charge on any atom is 0.0931 e. The van der Waals surface area contributed by atoms with E-state index in [1.54, 1.807) is 0 Å². The van der Waals surface area contributed by atoms with Gasteiger partial charge in [-0.05, 0) is 23.1 Å². The van der Waals surface area contributed by atoms with Gasteiger partial charge < -0.3 is 0 Å². The van der Waals surface area contributed by atoms with Crippen molar-refractivity contribution < 1.29 is 0 Å². The molecule has 0 aromatic heterocycles. The average Bonchev–Trinajstić information content (AvgIpc) is 2.73. The first-order valence-electron chi connectivity index (χ1n) is 9.38. The largest absolute Gasteiger partial charge is 0.197 e. The first kappa shape index (κ1) is 18.0. The second-order valence-electron chi connectivity index (χ2n) is 6.81. The minimum absolute atomic E-state index is 0.00356. The topological polar surface area (TPSA) is 23.8 Å². The fourth-order valence-corrected chi connectivity index (χ4v) is 3.88. The van der Waals surface area contributed by atoms with Gasteiger partial charge in [0.2, 0.25) is 0 Å². The van der Waals surface area contributed by atoms with Gasteiger partial charge in [-0.3, -0.25) is 0 Å². The van der Waals surface area contributed by atoms with Gasteiger partial charge in [-0.15, -0.1) is 0 Å². The van der Waals surface area contributed by atoms with Gasteiger partial charge in [0.1, 0.15) is 0 Å². The average molecular weight is 339 g/mol. The van der Waals surface area contributed by atoms with Crippen LogP contribution in [0.1, 0.15) is 48.8 Å². The van der Waals surface area contributed by atoms with Crippen molar-refractivity contribution in [3.8, 4) is 6.07 Å². The van der Waals surface area contributed by atoms with Gasteiger partial charge in [-0.1, -0.05) is 111 Å². The fraction of sp³-hybridized carbons (Fsp3) is 0.240. The Morgan fingerprint density at radius 2 is 1.23 bits per heavy atom. The molecule has 1 atom stereocenters. The lowest BCUT2D eigenvalue weighted by Crippen LogP contribution is -2.33. The Morgan fingerprint density at radius 1 is 0.769 bits per heavy atom. The van der Waals surface area contributed by atoms with Gasteiger partial charge in [0.15, 0.2) is 0 Å². The van der Waals surface area contributed by atoms with Crippen LogP contribution < -0.4 is 0 Å². The lowest BCUT2D eigenvalue weighted by molar-refractivity contribution is 0.429. The molecule has 0 heterocycles. The lowest BCUT2D eigenvalue weighted by Gasteiger charge is -2.36. The molecule has 0 N–H and O–H groups in total. The number of nitrogens with zero attached hydrogens (tertiary/aromatic N) is 1. The van der Waals surface area contributed by atoms with Crippen molar-refractivity contribution in [3.63, 3.8) is 0 Å². The molecule has 1 nitrogen and oxygen atoms in total. The molecular weight excluding hydrogens is 314 g/mol. The Bertz CT molecular complexity index is 794. The van der Waals surface area contributed by atoms with E-state index in [2.05, 4.69) is 73.7 Å². The highest BCUT2D eigenvalue weighted by molar-refractivity contribution is 5.46. The molecule has 0 amide bonds. The van der Waals surface area contributed by atoms with Gasteiger partial charge in [0.05, 0.1) is 11.5 Å². The van der Waals surface area contributed by atoms with E-state index in [4.69, 9.17) is 0 Å². The molecule has 0 spiro atoms. The van der Waals surface area contributed by atoms with Crippen LogP contribution in [-0.4, -0.2) is 0 Å². The van der Waals surface area contributed by atoms with Gasteiger partial charge in [0.25, 0.3) is 0 Å². The molecule has 3 rings (SSSR count). The van der Waals surface area contributed by atoms with E-state index in [0.717, 1.165) is 24.8 Å². The van der Waals surface area contributed by atoms with Crippen molar-refractivity contribution in [1.82, 2.24) is 0 Å². The summed E-state index contributed by atoms with van der Waals surface area (Å²) in [6.07, 6.45) is 2.95. The van der Waals surface area contributed by atoms with Gasteiger partial charge in [-0.2, -0.15) is 5.26 Å². The highest BCUT2D eigenvalue weighted by atomic mass is 14.5. The van der Waals surface area contributed by atoms with E-state index in [-0.39, 0.29) is 5.92 Å². The van der Waals surface area contributed by atoms with Crippen molar-refractivity contribution in [3.05, 3.63) is 108 Å². The summed E-state index contributed by atoms with van der Waals surface area (Å²) in [6.45, 7) is 2.19. The summed E-state index contributed by atoms with van der Waals surface area (Å²) < 4.78 is 0. The first-order chi connectivity index (χ1) is 12.8. The normalized spacial score (nSPS) is 13.1. The van der Waals surface area contributed by atoms with Crippen LogP contribution in [0.5, 0.6) is 0 Å². The Labute approximate surface area is 156 Å². The fourth-order valence-electron chi connectivity index (χ4n) is 3.88. The number of unbranched alkanes of at least 4 members (excludes halogenated alkanes) is 1. The van der Waals surface area contributed by atoms with Crippen LogP contribution in [0.4, 0.5) is 0 Å². The van der Waals surface area contributed by atoms with E-state index in [9.17, 15) is 5.26 Å². The minimum Gasteiger partial charge on any atom is -0.197 e. The minimum atomic E-state index is -0.583. The predicted molar refractivity (Wildman–Crippen MR) is 108 cm³/mol. The number of hydrogen-bond acceptors (Lipinski definition) is 1. The molecule has 0 aliphatic rings. The summed E-state index contributed by atoms with van der Waals surface area (Å²) in [5.41, 5.74) is 2.91. The third kappa shape index (κ3) is 3.55. The summed E-state index contributed by atoms with van der Waals surface area (Å²) in [5.74, 6) is 0.00356. The molecule has 0 aliphatic carbocycles. The first-order valence-corrected chi connectivity index (χ1v) is 9.38. The SMILES string of the molecule is CCCC[C@@](C#N)(c1ccccc1)C(c1ccccc1)c1ccccc1. The van der Waals surface area contributed by atoms with Crippen LogP contribution in [-0.2, 0) is 5.41 Å².